The van der Waals surface area contributed by atoms with Crippen molar-refractivity contribution in [2.24, 2.45) is 0 Å². The van der Waals surface area contributed by atoms with Gasteiger partial charge in [0.2, 0.25) is 11.5 Å². The molecule has 2 aromatic carbocycles. The van der Waals surface area contributed by atoms with Crippen LogP contribution in [0.2, 0.25) is 0 Å². The quantitative estimate of drug-likeness (QED) is 0.486. The minimum absolute atomic E-state index is 0.350. The van der Waals surface area contributed by atoms with Crippen LogP contribution < -0.4 is 5.32 Å². The Bertz CT molecular complexity index is 760. The van der Waals surface area contributed by atoms with Crippen LogP contribution in [-0.4, -0.2) is 26.2 Å². The van der Waals surface area contributed by atoms with E-state index in [1.165, 1.54) is 0 Å². The number of phenols is 3. The maximum absolute atomic E-state index is 12.1. The summed E-state index contributed by atoms with van der Waals surface area (Å²) in [6, 6.07) is 7.01. The van der Waals surface area contributed by atoms with Gasteiger partial charge in [0.1, 0.15) is 11.3 Å². The summed E-state index contributed by atoms with van der Waals surface area (Å²) in [6.07, 6.45) is 0. The largest absolute Gasteiger partial charge is 0.507 e. The van der Waals surface area contributed by atoms with Crippen molar-refractivity contribution in [1.82, 2.24) is 0 Å². The number of rotatable bonds is 3. The Hall–Kier alpha value is -2.81. The molecule has 0 aliphatic carbocycles. The van der Waals surface area contributed by atoms with Crippen molar-refractivity contribution < 1.29 is 25.0 Å². The van der Waals surface area contributed by atoms with Gasteiger partial charge in [0.15, 0.2) is 0 Å². The summed E-state index contributed by atoms with van der Waals surface area (Å²) in [4.78, 5) is 21.8. The molecule has 2 rings (SSSR count). The number of benzene rings is 2. The molecule has 0 aromatic heterocycles. The molecule has 0 aliphatic rings. The SMILES string of the molecule is O=C(Nc1ccc(Br)cc1)c1c(O)cc(O)c([N+](=O)[O-])c1O. The van der Waals surface area contributed by atoms with Gasteiger partial charge in [-0.2, -0.15) is 0 Å². The lowest BCUT2D eigenvalue weighted by atomic mass is 10.1. The monoisotopic (exact) mass is 368 g/mol. The molecule has 9 heteroatoms. The Kier molecular flexibility index (Phi) is 4.18. The Balaban J connectivity index is 2.43. The lowest BCUT2D eigenvalue weighted by Crippen LogP contribution is -2.13. The normalized spacial score (nSPS) is 10.2. The van der Waals surface area contributed by atoms with Crippen LogP contribution >= 0.6 is 15.9 Å². The van der Waals surface area contributed by atoms with Crippen LogP contribution in [0, 0.1) is 10.1 Å². The Morgan fingerprint density at radius 2 is 1.73 bits per heavy atom. The lowest BCUT2D eigenvalue weighted by Gasteiger charge is -2.09. The zero-order valence-electron chi connectivity index (χ0n) is 10.8. The van der Waals surface area contributed by atoms with E-state index in [1.54, 1.807) is 24.3 Å². The first kappa shape index (κ1) is 15.6. The smallest absolute Gasteiger partial charge is 0.353 e. The average Bonchev–Trinajstić information content (AvgIpc) is 2.40. The third-order valence-electron chi connectivity index (χ3n) is 2.75. The predicted octanol–water partition coefficient (Wildman–Crippen LogP) is 2.73. The highest BCUT2D eigenvalue weighted by Gasteiger charge is 2.29. The van der Waals surface area contributed by atoms with Crippen molar-refractivity contribution in [3.05, 3.63) is 50.5 Å². The zero-order chi connectivity index (χ0) is 16.4. The van der Waals surface area contributed by atoms with Gasteiger partial charge in [0.25, 0.3) is 5.91 Å². The number of phenolic OH excluding ortho intramolecular Hbond substituents is 3. The van der Waals surface area contributed by atoms with Gasteiger partial charge in [-0.15, -0.1) is 0 Å². The minimum atomic E-state index is -1.11. The summed E-state index contributed by atoms with van der Waals surface area (Å²) in [5, 5.41) is 42.0. The second kappa shape index (κ2) is 5.90. The highest BCUT2D eigenvalue weighted by atomic mass is 79.9. The van der Waals surface area contributed by atoms with Crippen LogP contribution in [-0.2, 0) is 0 Å². The van der Waals surface area contributed by atoms with Crippen molar-refractivity contribution in [3.63, 3.8) is 0 Å². The summed E-state index contributed by atoms with van der Waals surface area (Å²) < 4.78 is 0.775. The van der Waals surface area contributed by atoms with Crippen molar-refractivity contribution in [2.75, 3.05) is 5.32 Å². The van der Waals surface area contributed by atoms with E-state index in [4.69, 9.17) is 0 Å². The number of nitro benzene ring substituents is 1. The first-order chi connectivity index (χ1) is 10.3. The average molecular weight is 369 g/mol. The predicted molar refractivity (Wildman–Crippen MR) is 80.2 cm³/mol. The van der Waals surface area contributed by atoms with Gasteiger partial charge in [-0.3, -0.25) is 14.9 Å². The molecule has 0 radical (unpaired) electrons. The topological polar surface area (TPSA) is 133 Å². The molecule has 0 fully saturated rings. The van der Waals surface area contributed by atoms with Gasteiger partial charge in [-0.25, -0.2) is 0 Å². The van der Waals surface area contributed by atoms with E-state index >= 15 is 0 Å². The van der Waals surface area contributed by atoms with E-state index in [0.29, 0.717) is 11.8 Å². The van der Waals surface area contributed by atoms with E-state index in [0.717, 1.165) is 4.47 Å². The van der Waals surface area contributed by atoms with Crippen LogP contribution in [0.5, 0.6) is 17.2 Å². The number of aromatic hydroxyl groups is 3. The number of nitro groups is 1. The molecule has 0 unspecified atom stereocenters. The minimum Gasteiger partial charge on any atom is -0.507 e. The molecule has 8 nitrogen and oxygen atoms in total. The summed E-state index contributed by atoms with van der Waals surface area (Å²) >= 11 is 3.22. The van der Waals surface area contributed by atoms with Crippen LogP contribution in [0.15, 0.2) is 34.8 Å². The van der Waals surface area contributed by atoms with E-state index < -0.39 is 39.3 Å². The molecule has 0 saturated carbocycles. The molecule has 4 N–H and O–H groups in total. The number of amides is 1. The zero-order valence-corrected chi connectivity index (χ0v) is 12.4. The van der Waals surface area contributed by atoms with Crippen molar-refractivity contribution in [1.29, 1.82) is 0 Å². The molecule has 0 atom stereocenters. The highest BCUT2D eigenvalue weighted by molar-refractivity contribution is 9.10. The third kappa shape index (κ3) is 2.93. The first-order valence-electron chi connectivity index (χ1n) is 5.80. The molecule has 22 heavy (non-hydrogen) atoms. The van der Waals surface area contributed by atoms with Crippen molar-refractivity contribution in [3.8, 4) is 17.2 Å². The summed E-state index contributed by atoms with van der Waals surface area (Å²) in [5.41, 5.74) is -1.41. The number of anilines is 1. The molecular weight excluding hydrogens is 360 g/mol. The second-order valence-corrected chi connectivity index (χ2v) is 5.12. The van der Waals surface area contributed by atoms with Crippen LogP contribution in [0.25, 0.3) is 0 Å². The number of carbonyl (C=O) groups is 1. The summed E-state index contributed by atoms with van der Waals surface area (Å²) in [7, 11) is 0. The second-order valence-electron chi connectivity index (χ2n) is 4.21. The fraction of sp³-hybridized carbons (Fsp3) is 0. The molecule has 114 valence electrons. The van der Waals surface area contributed by atoms with E-state index in [1.807, 2.05) is 0 Å². The maximum Gasteiger partial charge on any atom is 0.353 e. The van der Waals surface area contributed by atoms with Crippen LogP contribution in [0.1, 0.15) is 10.4 Å². The fourth-order valence-electron chi connectivity index (χ4n) is 1.76. The van der Waals surface area contributed by atoms with Crippen molar-refractivity contribution >= 4 is 33.2 Å². The van der Waals surface area contributed by atoms with E-state index in [-0.39, 0.29) is 0 Å². The molecule has 2 aromatic rings. The number of nitrogens with zero attached hydrogens (tertiary/aromatic N) is 1. The number of hydrogen-bond acceptors (Lipinski definition) is 6. The molecule has 0 heterocycles. The molecular formula is C13H9BrN2O6. The summed E-state index contributed by atoms with van der Waals surface area (Å²) in [5.74, 6) is -3.80. The maximum atomic E-state index is 12.1. The number of hydrogen-bond donors (Lipinski definition) is 4. The van der Waals surface area contributed by atoms with Crippen LogP contribution in [0.3, 0.4) is 0 Å². The standard InChI is InChI=1S/C13H9BrN2O6/c14-6-1-3-7(4-2-6)15-13(20)10-8(17)5-9(18)11(12(10)19)16(21)22/h1-5,17-19H,(H,15,20). The number of halogens is 1. The van der Waals surface area contributed by atoms with Gasteiger partial charge < -0.3 is 20.6 Å². The van der Waals surface area contributed by atoms with Gasteiger partial charge in [-0.1, -0.05) is 15.9 Å². The molecule has 0 bridgehead atoms. The van der Waals surface area contributed by atoms with Gasteiger partial charge >= 0.3 is 5.69 Å². The molecule has 0 spiro atoms. The van der Waals surface area contributed by atoms with E-state index in [2.05, 4.69) is 21.2 Å². The molecule has 0 saturated heterocycles. The molecule has 1 amide bonds. The summed E-state index contributed by atoms with van der Waals surface area (Å²) in [6.45, 7) is 0. The lowest BCUT2D eigenvalue weighted by molar-refractivity contribution is -0.386. The Labute approximate surface area is 131 Å². The Morgan fingerprint density at radius 1 is 1.14 bits per heavy atom. The van der Waals surface area contributed by atoms with Gasteiger partial charge in [0, 0.05) is 16.2 Å². The van der Waals surface area contributed by atoms with Crippen molar-refractivity contribution in [2.45, 2.75) is 0 Å². The van der Waals surface area contributed by atoms with Gasteiger partial charge in [-0.05, 0) is 24.3 Å². The third-order valence-corrected chi connectivity index (χ3v) is 3.27. The van der Waals surface area contributed by atoms with Gasteiger partial charge in [0.05, 0.1) is 4.92 Å². The highest BCUT2D eigenvalue weighted by Crippen LogP contribution is 2.43. The molecule has 0 aliphatic heterocycles. The van der Waals surface area contributed by atoms with Crippen LogP contribution in [0.4, 0.5) is 11.4 Å². The van der Waals surface area contributed by atoms with E-state index in [9.17, 15) is 30.2 Å². The fourth-order valence-corrected chi connectivity index (χ4v) is 2.03. The first-order valence-corrected chi connectivity index (χ1v) is 6.59. The number of carbonyl (C=O) groups excluding carboxylic acids is 1. The Morgan fingerprint density at radius 3 is 2.27 bits per heavy atom. The number of nitrogens with one attached hydrogen (secondary N) is 1.